The van der Waals surface area contributed by atoms with Gasteiger partial charge in [-0.1, -0.05) is 26.0 Å². The Morgan fingerprint density at radius 2 is 1.86 bits per heavy atom. The van der Waals surface area contributed by atoms with Crippen LogP contribution < -0.4 is 20.7 Å². The van der Waals surface area contributed by atoms with E-state index in [0.717, 1.165) is 0 Å². The molecule has 0 aromatic heterocycles. The number of nitrogens with one attached hydrogen (secondary N) is 3. The number of rotatable bonds is 9. The number of ether oxygens (including phenoxy) is 1. The van der Waals surface area contributed by atoms with Gasteiger partial charge in [0, 0.05) is 13.1 Å². The number of urea groups is 1. The number of hydrogen-bond donors (Lipinski definition) is 3. The van der Waals surface area contributed by atoms with Gasteiger partial charge in [-0.2, -0.15) is 0 Å². The van der Waals surface area contributed by atoms with Crippen LogP contribution in [0.15, 0.2) is 24.3 Å². The highest BCUT2D eigenvalue weighted by Gasteiger charge is 2.08. The second kappa shape index (κ2) is 9.65. The van der Waals surface area contributed by atoms with Crippen LogP contribution in [0.5, 0.6) is 5.75 Å². The molecule has 0 radical (unpaired) electrons. The topological polar surface area (TPSA) is 79.5 Å². The van der Waals surface area contributed by atoms with Crippen molar-refractivity contribution < 1.29 is 14.3 Å². The maximum Gasteiger partial charge on any atom is 0.317 e. The third-order valence-corrected chi connectivity index (χ3v) is 3.06. The maximum absolute atomic E-state index is 11.6. The molecule has 0 aliphatic carbocycles. The van der Waals surface area contributed by atoms with Crippen molar-refractivity contribution in [2.24, 2.45) is 0 Å². The Bertz CT molecular complexity index is 460. The van der Waals surface area contributed by atoms with Crippen LogP contribution in [0.1, 0.15) is 38.7 Å². The summed E-state index contributed by atoms with van der Waals surface area (Å²) in [7, 11) is 0. The predicted molar refractivity (Wildman–Crippen MR) is 85.8 cm³/mol. The van der Waals surface area contributed by atoms with Crippen molar-refractivity contribution in [3.63, 3.8) is 0 Å². The van der Waals surface area contributed by atoms with E-state index in [1.165, 1.54) is 5.56 Å². The molecule has 3 N–H and O–H groups in total. The zero-order valence-corrected chi connectivity index (χ0v) is 13.4. The lowest BCUT2D eigenvalue weighted by atomic mass is 10.0. The van der Waals surface area contributed by atoms with Gasteiger partial charge in [0.25, 0.3) is 0 Å². The summed E-state index contributed by atoms with van der Waals surface area (Å²) >= 11 is 0. The lowest BCUT2D eigenvalue weighted by molar-refractivity contribution is -0.109. The van der Waals surface area contributed by atoms with Crippen LogP contribution in [0.4, 0.5) is 4.79 Å². The Kier molecular flexibility index (Phi) is 7.81. The second-order valence-corrected chi connectivity index (χ2v) is 5.31. The summed E-state index contributed by atoms with van der Waals surface area (Å²) in [5.41, 5.74) is 1.25. The molecule has 1 unspecified atom stereocenters. The second-order valence-electron chi connectivity index (χ2n) is 5.31. The quantitative estimate of drug-likeness (QED) is 0.371. The molecule has 0 aliphatic heterocycles. The molecule has 0 fully saturated rings. The maximum atomic E-state index is 11.6. The molecule has 0 saturated carbocycles. The van der Waals surface area contributed by atoms with E-state index in [2.05, 4.69) is 29.8 Å². The normalized spacial score (nSPS) is 11.6. The molecule has 3 amide bonds. The minimum absolute atomic E-state index is 0.294. The number of carbonyl (C=O) groups excluding carboxylic acids is 2. The monoisotopic (exact) mass is 307 g/mol. The highest BCUT2D eigenvalue weighted by atomic mass is 16.5. The average Bonchev–Trinajstić information content (AvgIpc) is 2.47. The first-order valence-electron chi connectivity index (χ1n) is 7.51. The summed E-state index contributed by atoms with van der Waals surface area (Å²) in [4.78, 5) is 21.7. The molecule has 6 heteroatoms. The molecule has 1 rings (SSSR count). The highest BCUT2D eigenvalue weighted by molar-refractivity contribution is 5.73. The Hall–Kier alpha value is -2.24. The number of carbonyl (C=O) groups is 2. The fourth-order valence-corrected chi connectivity index (χ4v) is 1.85. The molecule has 1 aromatic carbocycles. The minimum Gasteiger partial charge on any atom is -0.471 e. The number of benzene rings is 1. The van der Waals surface area contributed by atoms with E-state index in [-0.39, 0.29) is 6.03 Å². The van der Waals surface area contributed by atoms with Gasteiger partial charge in [-0.05, 0) is 37.0 Å². The molecule has 22 heavy (non-hydrogen) atoms. The summed E-state index contributed by atoms with van der Waals surface area (Å²) in [6.07, 6.45) is 0.886. The first-order chi connectivity index (χ1) is 10.5. The lowest BCUT2D eigenvalue weighted by Gasteiger charge is -2.17. The van der Waals surface area contributed by atoms with Gasteiger partial charge in [0.05, 0.1) is 0 Å². The zero-order chi connectivity index (χ0) is 16.4. The smallest absolute Gasteiger partial charge is 0.317 e. The first-order valence-corrected chi connectivity index (χ1v) is 7.51. The average molecular weight is 307 g/mol. The molecular weight excluding hydrogens is 282 g/mol. The van der Waals surface area contributed by atoms with E-state index in [0.29, 0.717) is 37.6 Å². The number of amides is 3. The zero-order valence-electron chi connectivity index (χ0n) is 13.4. The summed E-state index contributed by atoms with van der Waals surface area (Å²) in [6.45, 7) is 7.06. The van der Waals surface area contributed by atoms with E-state index in [9.17, 15) is 9.59 Å². The fraction of sp³-hybridized carbons (Fsp3) is 0.500. The minimum atomic E-state index is -0.432. The summed E-state index contributed by atoms with van der Waals surface area (Å²) < 4.78 is 5.63. The Morgan fingerprint density at radius 3 is 2.45 bits per heavy atom. The van der Waals surface area contributed by atoms with Crippen molar-refractivity contribution in [2.75, 3.05) is 13.1 Å². The van der Waals surface area contributed by atoms with E-state index in [1.807, 2.05) is 24.3 Å². The standard InChI is InChI=1S/C16H25N3O3/c1-12(2)14-5-7-15(8-6-14)22-13(3)19-16(21)18-10-4-9-17-11-20/h5-8,11-13H,4,9-10H2,1-3H3,(H,17,20)(H2,18,19,21). The van der Waals surface area contributed by atoms with Crippen LogP contribution in [-0.4, -0.2) is 31.8 Å². The summed E-state index contributed by atoms with van der Waals surface area (Å²) in [6, 6.07) is 7.55. The molecule has 0 heterocycles. The van der Waals surface area contributed by atoms with Crippen LogP contribution in [0.3, 0.4) is 0 Å². The Morgan fingerprint density at radius 1 is 1.18 bits per heavy atom. The largest absolute Gasteiger partial charge is 0.471 e. The molecule has 6 nitrogen and oxygen atoms in total. The van der Waals surface area contributed by atoms with Gasteiger partial charge >= 0.3 is 6.03 Å². The molecule has 122 valence electrons. The highest BCUT2D eigenvalue weighted by Crippen LogP contribution is 2.19. The van der Waals surface area contributed by atoms with Crippen molar-refractivity contribution in [3.05, 3.63) is 29.8 Å². The SMILES string of the molecule is CC(NC(=O)NCCCNC=O)Oc1ccc(C(C)C)cc1. The van der Waals surface area contributed by atoms with Crippen LogP contribution in [0, 0.1) is 0 Å². The Balaban J connectivity index is 2.28. The lowest BCUT2D eigenvalue weighted by Crippen LogP contribution is -2.43. The van der Waals surface area contributed by atoms with Gasteiger partial charge in [0.15, 0.2) is 6.23 Å². The third-order valence-electron chi connectivity index (χ3n) is 3.06. The van der Waals surface area contributed by atoms with Gasteiger partial charge in [-0.25, -0.2) is 4.79 Å². The van der Waals surface area contributed by atoms with Gasteiger partial charge in [0.1, 0.15) is 5.75 Å². The summed E-state index contributed by atoms with van der Waals surface area (Å²) in [5.74, 6) is 1.19. The van der Waals surface area contributed by atoms with E-state index in [1.54, 1.807) is 6.92 Å². The molecule has 1 aromatic rings. The molecule has 1 atom stereocenters. The van der Waals surface area contributed by atoms with Crippen molar-refractivity contribution >= 4 is 12.4 Å². The van der Waals surface area contributed by atoms with Gasteiger partial charge < -0.3 is 20.7 Å². The molecular formula is C16H25N3O3. The molecule has 0 bridgehead atoms. The van der Waals surface area contributed by atoms with Gasteiger partial charge in [-0.3, -0.25) is 4.79 Å². The van der Waals surface area contributed by atoms with Crippen LogP contribution in [0.25, 0.3) is 0 Å². The van der Waals surface area contributed by atoms with Crippen LogP contribution >= 0.6 is 0 Å². The molecule has 0 aliphatic rings. The van der Waals surface area contributed by atoms with E-state index in [4.69, 9.17) is 4.74 Å². The van der Waals surface area contributed by atoms with E-state index < -0.39 is 6.23 Å². The predicted octanol–water partition coefficient (Wildman–Crippen LogP) is 1.97. The molecule has 0 spiro atoms. The van der Waals surface area contributed by atoms with Gasteiger partial charge in [-0.15, -0.1) is 0 Å². The molecule has 0 saturated heterocycles. The van der Waals surface area contributed by atoms with Gasteiger partial charge in [0.2, 0.25) is 6.41 Å². The fourth-order valence-electron chi connectivity index (χ4n) is 1.85. The van der Waals surface area contributed by atoms with Crippen molar-refractivity contribution in [1.29, 1.82) is 0 Å². The summed E-state index contributed by atoms with van der Waals surface area (Å²) in [5, 5.41) is 7.92. The van der Waals surface area contributed by atoms with Crippen LogP contribution in [-0.2, 0) is 4.79 Å². The van der Waals surface area contributed by atoms with Crippen LogP contribution in [0.2, 0.25) is 0 Å². The van der Waals surface area contributed by atoms with Crippen molar-refractivity contribution in [2.45, 2.75) is 39.3 Å². The van der Waals surface area contributed by atoms with Crippen molar-refractivity contribution in [3.8, 4) is 5.75 Å². The van der Waals surface area contributed by atoms with Crippen molar-refractivity contribution in [1.82, 2.24) is 16.0 Å². The van der Waals surface area contributed by atoms with E-state index >= 15 is 0 Å². The first kappa shape index (κ1) is 17.8. The Labute approximate surface area is 131 Å². The third kappa shape index (κ3) is 6.97. The number of hydrogen-bond acceptors (Lipinski definition) is 3.